The topological polar surface area (TPSA) is 0 Å². The molecule has 0 aliphatic carbocycles. The van der Waals surface area contributed by atoms with Crippen molar-refractivity contribution in [1.29, 1.82) is 0 Å². The normalized spacial score (nSPS) is 25.9. The highest BCUT2D eigenvalue weighted by Crippen LogP contribution is 2.77. The number of halogens is 9. The number of hydrogen-bond donors (Lipinski definition) is 0. The van der Waals surface area contributed by atoms with Gasteiger partial charge in [-0.2, -0.15) is 39.5 Å². The van der Waals surface area contributed by atoms with Crippen LogP contribution in [0.4, 0.5) is 39.5 Å². The molecule has 0 bridgehead atoms. The maximum Gasteiger partial charge on any atom is 0.413 e. The third-order valence-corrected chi connectivity index (χ3v) is 12.7. The van der Waals surface area contributed by atoms with Gasteiger partial charge in [-0.3, -0.25) is 0 Å². The smallest absolute Gasteiger partial charge is 0.168 e. The Kier molecular flexibility index (Phi) is 6.16. The van der Waals surface area contributed by atoms with Crippen molar-refractivity contribution in [1.82, 2.24) is 0 Å². The lowest BCUT2D eigenvalue weighted by atomic mass is 9.92. The monoisotopic (exact) mass is 526 g/mol. The van der Waals surface area contributed by atoms with Gasteiger partial charge in [0.2, 0.25) is 0 Å². The van der Waals surface area contributed by atoms with Crippen LogP contribution in [-0.2, 0) is 0 Å². The Labute approximate surface area is 178 Å². The van der Waals surface area contributed by atoms with Crippen molar-refractivity contribution in [2.24, 2.45) is 5.92 Å². The highest BCUT2D eigenvalue weighted by atomic mass is 32.2. The van der Waals surface area contributed by atoms with E-state index in [0.29, 0.717) is 0 Å². The highest BCUT2D eigenvalue weighted by Gasteiger charge is 2.82. The van der Waals surface area contributed by atoms with Crippen molar-refractivity contribution < 1.29 is 39.5 Å². The fourth-order valence-electron chi connectivity index (χ4n) is 2.91. The minimum Gasteiger partial charge on any atom is -0.168 e. The van der Waals surface area contributed by atoms with E-state index in [-0.39, 0.29) is 70.6 Å². The van der Waals surface area contributed by atoms with Gasteiger partial charge < -0.3 is 0 Å². The standard InChI is InChI=1S/C13H7F9S6/c14-11(15,16)8(23-1-2-24-8)7(9(12(17,18)19)25-3-4-26-9)10(13(20,21)22)27-5-6-28-10/h1-7H. The number of hydrogen-bond acceptors (Lipinski definition) is 6. The van der Waals surface area contributed by atoms with Gasteiger partial charge in [-0.05, 0) is 32.4 Å². The second-order valence-electron chi connectivity index (χ2n) is 5.45. The Morgan fingerprint density at radius 2 is 0.607 bits per heavy atom. The quantitative estimate of drug-likeness (QED) is 0.337. The Bertz CT molecular complexity index is 586. The van der Waals surface area contributed by atoms with Gasteiger partial charge in [0, 0.05) is 0 Å². The summed E-state index contributed by atoms with van der Waals surface area (Å²) in [6, 6.07) is 0. The molecule has 0 aromatic rings. The van der Waals surface area contributed by atoms with Crippen molar-refractivity contribution in [2.75, 3.05) is 0 Å². The van der Waals surface area contributed by atoms with E-state index in [2.05, 4.69) is 0 Å². The largest absolute Gasteiger partial charge is 0.413 e. The number of thioether (sulfide) groups is 6. The Hall–Kier alpha value is 0.690. The minimum absolute atomic E-state index is 0.0436. The molecule has 3 heterocycles. The first-order chi connectivity index (χ1) is 12.7. The highest BCUT2D eigenvalue weighted by molar-refractivity contribution is 8.26. The van der Waals surface area contributed by atoms with E-state index in [1.54, 1.807) is 0 Å². The Morgan fingerprint density at radius 1 is 0.429 bits per heavy atom. The van der Waals surface area contributed by atoms with E-state index >= 15 is 0 Å². The van der Waals surface area contributed by atoms with Crippen molar-refractivity contribution in [3.8, 4) is 0 Å². The molecule has 0 aromatic heterocycles. The summed E-state index contributed by atoms with van der Waals surface area (Å²) < 4.78 is 118. The van der Waals surface area contributed by atoms with Crippen molar-refractivity contribution in [3.05, 3.63) is 32.4 Å². The van der Waals surface area contributed by atoms with E-state index in [0.717, 1.165) is 32.4 Å². The SMILES string of the molecule is FC(F)(F)C1(C(C2(C(F)(F)F)SC=CS2)C2(C(F)(F)F)SC=CS2)SC=CS1. The zero-order chi connectivity index (χ0) is 21.1. The van der Waals surface area contributed by atoms with E-state index in [4.69, 9.17) is 0 Å². The van der Waals surface area contributed by atoms with Crippen LogP contribution in [0, 0.1) is 5.92 Å². The molecule has 0 saturated heterocycles. The van der Waals surface area contributed by atoms with Gasteiger partial charge >= 0.3 is 18.5 Å². The molecule has 3 rings (SSSR count). The van der Waals surface area contributed by atoms with Gasteiger partial charge in [-0.25, -0.2) is 0 Å². The minimum atomic E-state index is -5.35. The summed E-state index contributed by atoms with van der Waals surface area (Å²) in [5, 5.41) is 5.39. The number of rotatable bonds is 3. The summed E-state index contributed by atoms with van der Waals surface area (Å²) in [6.45, 7) is 0. The lowest BCUT2D eigenvalue weighted by molar-refractivity contribution is -0.202. The average Bonchev–Trinajstić information content (AvgIpc) is 3.27. The molecule has 0 unspecified atom stereocenters. The maximum atomic E-state index is 14.2. The molecule has 0 amide bonds. The third kappa shape index (κ3) is 3.33. The van der Waals surface area contributed by atoms with Gasteiger partial charge in [0.1, 0.15) is 0 Å². The molecule has 0 atom stereocenters. The molecule has 0 N–H and O–H groups in total. The Balaban J connectivity index is 2.32. The zero-order valence-electron chi connectivity index (χ0n) is 12.9. The van der Waals surface area contributed by atoms with Gasteiger partial charge in [-0.15, -0.1) is 70.6 Å². The van der Waals surface area contributed by atoms with E-state index < -0.39 is 36.7 Å². The summed E-state index contributed by atoms with van der Waals surface area (Å²) >= 11 is -0.262. The van der Waals surface area contributed by atoms with Crippen LogP contribution in [0.3, 0.4) is 0 Å². The first-order valence-electron chi connectivity index (χ1n) is 6.96. The molecule has 3 aliphatic rings. The summed E-state index contributed by atoms with van der Waals surface area (Å²) in [4.78, 5) is 0. The summed E-state index contributed by atoms with van der Waals surface area (Å²) in [5.74, 6) is -2.91. The van der Waals surface area contributed by atoms with Gasteiger partial charge in [0.25, 0.3) is 0 Å². The fraction of sp³-hybridized carbons (Fsp3) is 0.538. The van der Waals surface area contributed by atoms with E-state index in [9.17, 15) is 39.5 Å². The summed E-state index contributed by atoms with van der Waals surface area (Å²) in [6.07, 6.45) is -16.0. The van der Waals surface area contributed by atoms with Crippen LogP contribution < -0.4 is 0 Å². The lowest BCUT2D eigenvalue weighted by Crippen LogP contribution is -2.66. The van der Waals surface area contributed by atoms with Crippen LogP contribution >= 0.6 is 70.6 Å². The molecule has 0 fully saturated rings. The molecule has 0 aromatic carbocycles. The van der Waals surface area contributed by atoms with E-state index in [1.807, 2.05) is 0 Å². The first kappa shape index (κ1) is 23.4. The molecule has 0 spiro atoms. The van der Waals surface area contributed by atoms with Crippen molar-refractivity contribution in [3.63, 3.8) is 0 Å². The number of alkyl halides is 9. The first-order valence-corrected chi connectivity index (χ1v) is 12.2. The van der Waals surface area contributed by atoms with Crippen LogP contribution in [0.1, 0.15) is 0 Å². The fourth-order valence-corrected chi connectivity index (χ4v) is 11.8. The van der Waals surface area contributed by atoms with Crippen LogP contribution in [0.15, 0.2) is 32.4 Å². The second-order valence-corrected chi connectivity index (χ2v) is 13.1. The average molecular weight is 527 g/mol. The second kappa shape index (κ2) is 7.38. The van der Waals surface area contributed by atoms with Crippen LogP contribution in [0.5, 0.6) is 0 Å². The Morgan fingerprint density at radius 3 is 0.750 bits per heavy atom. The third-order valence-electron chi connectivity index (χ3n) is 3.95. The molecule has 158 valence electrons. The van der Waals surface area contributed by atoms with Gasteiger partial charge in [0.15, 0.2) is 12.2 Å². The molecule has 28 heavy (non-hydrogen) atoms. The summed E-state index contributed by atoms with van der Waals surface area (Å²) in [5.41, 5.74) is 0. The molecule has 15 heteroatoms. The zero-order valence-corrected chi connectivity index (χ0v) is 17.8. The van der Waals surface area contributed by atoms with E-state index in [1.165, 1.54) is 0 Å². The van der Waals surface area contributed by atoms with Crippen LogP contribution in [0.25, 0.3) is 0 Å². The van der Waals surface area contributed by atoms with Crippen molar-refractivity contribution >= 4 is 70.6 Å². The molecule has 0 radical (unpaired) electrons. The molecule has 0 nitrogen and oxygen atoms in total. The predicted octanol–water partition coefficient (Wildman–Crippen LogP) is 8.23. The molecule has 0 saturated carbocycles. The van der Waals surface area contributed by atoms with Gasteiger partial charge in [0.05, 0.1) is 5.92 Å². The molecule has 3 aliphatic heterocycles. The van der Waals surface area contributed by atoms with Crippen LogP contribution in [0.2, 0.25) is 0 Å². The summed E-state index contributed by atoms with van der Waals surface area (Å²) in [7, 11) is 0. The van der Waals surface area contributed by atoms with Crippen LogP contribution in [-0.4, -0.2) is 30.8 Å². The maximum absolute atomic E-state index is 14.2. The molecular formula is C13H7F9S6. The van der Waals surface area contributed by atoms with Gasteiger partial charge in [-0.1, -0.05) is 0 Å². The molecular weight excluding hydrogens is 520 g/mol. The lowest BCUT2D eigenvalue weighted by Gasteiger charge is -2.53. The van der Waals surface area contributed by atoms with Crippen molar-refractivity contribution in [2.45, 2.75) is 30.8 Å². The predicted molar refractivity (Wildman–Crippen MR) is 103 cm³/mol.